The molecule has 3 N–H and O–H groups in total. The number of rotatable bonds is 3. The molecule has 1 amide bonds. The van der Waals surface area contributed by atoms with Gasteiger partial charge in [-0.25, -0.2) is 10.4 Å². The van der Waals surface area contributed by atoms with E-state index in [0.29, 0.717) is 6.54 Å². The van der Waals surface area contributed by atoms with Gasteiger partial charge in [-0.3, -0.25) is 4.79 Å². The smallest absolute Gasteiger partial charge is 0.237 e. The second kappa shape index (κ2) is 7.64. The van der Waals surface area contributed by atoms with E-state index in [9.17, 15) is 4.79 Å². The van der Waals surface area contributed by atoms with Crippen molar-refractivity contribution in [2.24, 2.45) is 5.92 Å². The molecule has 2 aliphatic rings. The summed E-state index contributed by atoms with van der Waals surface area (Å²) in [7, 11) is 3.77. The van der Waals surface area contributed by atoms with E-state index in [1.165, 1.54) is 16.7 Å². The third-order valence-electron chi connectivity index (χ3n) is 5.64. The Balaban J connectivity index is 1.73. The zero-order valence-electron chi connectivity index (χ0n) is 15.7. The Bertz CT molecular complexity index is 821. The molecule has 0 bridgehead atoms. The number of likely N-dealkylation sites (N-methyl/N-ethyl adjacent to an activating group) is 1. The molecule has 2 aromatic rings. The first kappa shape index (κ1) is 17.9. The predicted octanol–water partition coefficient (Wildman–Crippen LogP) is 1.96. The average Bonchev–Trinajstić information content (AvgIpc) is 3.06. The minimum Gasteiger partial charge on any atom is -0.358 e. The summed E-state index contributed by atoms with van der Waals surface area (Å²) in [5.74, 6) is 0.142. The third-order valence-corrected chi connectivity index (χ3v) is 5.64. The van der Waals surface area contributed by atoms with Crippen LogP contribution in [0, 0.1) is 5.92 Å². The van der Waals surface area contributed by atoms with Crippen LogP contribution in [0.4, 0.5) is 0 Å². The van der Waals surface area contributed by atoms with Crippen molar-refractivity contribution in [3.63, 3.8) is 0 Å². The van der Waals surface area contributed by atoms with E-state index in [-0.39, 0.29) is 30.0 Å². The van der Waals surface area contributed by atoms with Crippen molar-refractivity contribution in [3.05, 3.63) is 77.4 Å². The van der Waals surface area contributed by atoms with Crippen molar-refractivity contribution in [1.29, 1.82) is 0 Å². The zero-order chi connectivity index (χ0) is 18.8. The van der Waals surface area contributed by atoms with Gasteiger partial charge in [0.25, 0.3) is 0 Å². The Hall–Kier alpha value is -2.47. The molecular formula is C22H26N4O. The second-order valence-corrected chi connectivity index (χ2v) is 7.25. The lowest BCUT2D eigenvalue weighted by atomic mass is 9.77. The first-order valence-corrected chi connectivity index (χ1v) is 9.43. The van der Waals surface area contributed by atoms with Crippen LogP contribution in [0.1, 0.15) is 17.2 Å². The highest BCUT2D eigenvalue weighted by molar-refractivity contribution is 5.82. The molecule has 0 spiro atoms. The lowest BCUT2D eigenvalue weighted by Gasteiger charge is -2.37. The van der Waals surface area contributed by atoms with Gasteiger partial charge in [0.2, 0.25) is 5.91 Å². The number of benzene rings is 2. The number of hydrazine groups is 1. The van der Waals surface area contributed by atoms with E-state index in [1.807, 2.05) is 12.1 Å². The lowest BCUT2D eigenvalue weighted by Crippen LogP contribution is -2.57. The van der Waals surface area contributed by atoms with Crippen LogP contribution in [0.5, 0.6) is 0 Å². The quantitative estimate of drug-likeness (QED) is 0.781. The van der Waals surface area contributed by atoms with Gasteiger partial charge in [0.15, 0.2) is 0 Å². The predicted molar refractivity (Wildman–Crippen MR) is 108 cm³/mol. The first-order valence-electron chi connectivity index (χ1n) is 9.43. The Morgan fingerprint density at radius 1 is 1.11 bits per heavy atom. The first-order chi connectivity index (χ1) is 13.2. The zero-order valence-corrected chi connectivity index (χ0v) is 15.7. The topological polar surface area (TPSA) is 56.4 Å². The van der Waals surface area contributed by atoms with E-state index in [1.54, 1.807) is 7.05 Å². The maximum Gasteiger partial charge on any atom is 0.237 e. The maximum absolute atomic E-state index is 12.6. The molecule has 0 saturated carbocycles. The fourth-order valence-corrected chi connectivity index (χ4v) is 4.43. The Kier molecular flexibility index (Phi) is 5.07. The van der Waals surface area contributed by atoms with E-state index < -0.39 is 0 Å². The number of carbonyl (C=O) groups excluding carboxylic acids is 1. The monoisotopic (exact) mass is 362 g/mol. The van der Waals surface area contributed by atoms with Gasteiger partial charge in [-0.1, -0.05) is 66.7 Å². The van der Waals surface area contributed by atoms with Crippen LogP contribution in [0.2, 0.25) is 0 Å². The fourth-order valence-electron chi connectivity index (χ4n) is 4.43. The van der Waals surface area contributed by atoms with Gasteiger partial charge in [0.1, 0.15) is 0 Å². The molecule has 0 aromatic heterocycles. The molecule has 2 heterocycles. The molecule has 5 heteroatoms. The molecule has 2 saturated heterocycles. The molecular weight excluding hydrogens is 336 g/mol. The van der Waals surface area contributed by atoms with Crippen molar-refractivity contribution in [2.75, 3.05) is 20.6 Å². The van der Waals surface area contributed by atoms with Crippen molar-refractivity contribution in [2.45, 2.75) is 18.1 Å². The standard InChI is InChI=1S/C22H26N4O/c1-23-22(27)20-18-19(17(14-24-20)13-15-9-5-3-6-10-15)25-26(2)21(18)16-11-7-4-8-12-16/h3-13,18-21,24-25H,14H2,1-2H3,(H,23,27). The summed E-state index contributed by atoms with van der Waals surface area (Å²) in [6.07, 6.45) is 2.24. The van der Waals surface area contributed by atoms with Gasteiger partial charge in [0.05, 0.1) is 18.1 Å². The minimum atomic E-state index is -0.240. The fraction of sp³-hybridized carbons (Fsp3) is 0.318. The van der Waals surface area contributed by atoms with Crippen LogP contribution in [0.15, 0.2) is 66.2 Å². The molecule has 0 radical (unpaired) electrons. The van der Waals surface area contributed by atoms with Crippen molar-refractivity contribution in [1.82, 2.24) is 21.1 Å². The normalized spacial score (nSPS) is 29.5. The molecule has 4 unspecified atom stereocenters. The largest absolute Gasteiger partial charge is 0.358 e. The van der Waals surface area contributed by atoms with Gasteiger partial charge >= 0.3 is 0 Å². The van der Waals surface area contributed by atoms with E-state index >= 15 is 0 Å². The Morgan fingerprint density at radius 3 is 2.44 bits per heavy atom. The number of nitrogens with one attached hydrogen (secondary N) is 3. The molecule has 140 valence electrons. The van der Waals surface area contributed by atoms with Crippen LogP contribution in [0.25, 0.3) is 6.08 Å². The maximum atomic E-state index is 12.6. The number of carbonyl (C=O) groups is 1. The number of hydrogen-bond donors (Lipinski definition) is 3. The van der Waals surface area contributed by atoms with Crippen LogP contribution in [0.3, 0.4) is 0 Å². The summed E-state index contributed by atoms with van der Waals surface area (Å²) >= 11 is 0. The number of amides is 1. The Labute approximate surface area is 160 Å². The van der Waals surface area contributed by atoms with Gasteiger partial charge in [-0.05, 0) is 16.7 Å². The number of piperidine rings is 1. The molecule has 2 aromatic carbocycles. The third kappa shape index (κ3) is 3.41. The molecule has 4 rings (SSSR count). The van der Waals surface area contributed by atoms with Crippen molar-refractivity contribution >= 4 is 12.0 Å². The number of nitrogens with zero attached hydrogens (tertiary/aromatic N) is 1. The molecule has 0 aliphatic carbocycles. The molecule has 2 aliphatic heterocycles. The van der Waals surface area contributed by atoms with Gasteiger partial charge < -0.3 is 10.6 Å². The molecule has 5 nitrogen and oxygen atoms in total. The molecule has 4 atom stereocenters. The summed E-state index contributed by atoms with van der Waals surface area (Å²) in [5.41, 5.74) is 7.30. The van der Waals surface area contributed by atoms with Crippen molar-refractivity contribution in [3.8, 4) is 0 Å². The van der Waals surface area contributed by atoms with Gasteiger partial charge in [-0.2, -0.15) is 0 Å². The molecule has 2 fully saturated rings. The van der Waals surface area contributed by atoms with Gasteiger partial charge in [-0.15, -0.1) is 0 Å². The van der Waals surface area contributed by atoms with Crippen molar-refractivity contribution < 1.29 is 4.79 Å². The molecule has 27 heavy (non-hydrogen) atoms. The lowest BCUT2D eigenvalue weighted by molar-refractivity contribution is -0.124. The summed E-state index contributed by atoms with van der Waals surface area (Å²) in [6.45, 7) is 0.691. The van der Waals surface area contributed by atoms with E-state index in [2.05, 4.69) is 82.7 Å². The summed E-state index contributed by atoms with van der Waals surface area (Å²) in [5, 5.41) is 8.48. The SMILES string of the molecule is CNC(=O)C1NCC(=Cc2ccccc2)C2NN(C)C(c3ccccc3)C12. The summed E-state index contributed by atoms with van der Waals surface area (Å²) in [6, 6.07) is 20.8. The summed E-state index contributed by atoms with van der Waals surface area (Å²) < 4.78 is 0. The highest BCUT2D eigenvalue weighted by Crippen LogP contribution is 2.41. The number of fused-ring (bicyclic) bond motifs is 1. The van der Waals surface area contributed by atoms with Gasteiger partial charge in [0, 0.05) is 26.6 Å². The average molecular weight is 362 g/mol. The second-order valence-electron chi connectivity index (χ2n) is 7.25. The Morgan fingerprint density at radius 2 is 1.78 bits per heavy atom. The van der Waals surface area contributed by atoms with Crippen LogP contribution < -0.4 is 16.1 Å². The number of hydrogen-bond acceptors (Lipinski definition) is 4. The minimum absolute atomic E-state index is 0.0433. The highest BCUT2D eigenvalue weighted by Gasteiger charge is 2.50. The van der Waals surface area contributed by atoms with Crippen LogP contribution >= 0.6 is 0 Å². The van der Waals surface area contributed by atoms with Crippen LogP contribution in [-0.4, -0.2) is 43.6 Å². The van der Waals surface area contributed by atoms with E-state index in [4.69, 9.17) is 0 Å². The van der Waals surface area contributed by atoms with E-state index in [0.717, 1.165) is 0 Å². The highest BCUT2D eigenvalue weighted by atomic mass is 16.2. The van der Waals surface area contributed by atoms with Crippen LogP contribution in [-0.2, 0) is 4.79 Å². The summed E-state index contributed by atoms with van der Waals surface area (Å²) in [4.78, 5) is 12.6.